The van der Waals surface area contributed by atoms with Crippen molar-refractivity contribution in [1.82, 2.24) is 0 Å². The van der Waals surface area contributed by atoms with Gasteiger partial charge in [-0.2, -0.15) is 0 Å². The van der Waals surface area contributed by atoms with Crippen LogP contribution in [0.2, 0.25) is 0 Å². The van der Waals surface area contributed by atoms with Crippen LogP contribution < -0.4 is 4.74 Å². The molecule has 0 bridgehead atoms. The molecule has 0 heterocycles. The average molecular weight is 213 g/mol. The van der Waals surface area contributed by atoms with E-state index in [1.807, 2.05) is 32.9 Å². The molecule has 0 unspecified atom stereocenters. The minimum Gasteiger partial charge on any atom is -0.494 e. The van der Waals surface area contributed by atoms with E-state index < -0.39 is 0 Å². The standard InChI is InChI=1S/C12H17ClO/c1-4-14-11-7-5-10(6-8-11)9-12(2,3)13/h5-8H,4,9H2,1-3H3. The highest BCUT2D eigenvalue weighted by atomic mass is 35.5. The quantitative estimate of drug-likeness (QED) is 0.693. The summed E-state index contributed by atoms with van der Waals surface area (Å²) in [5.74, 6) is 0.920. The predicted octanol–water partition coefficient (Wildman–Crippen LogP) is 3.65. The predicted molar refractivity (Wildman–Crippen MR) is 61.2 cm³/mol. The molecular weight excluding hydrogens is 196 g/mol. The number of rotatable bonds is 4. The fourth-order valence-corrected chi connectivity index (χ4v) is 1.51. The second-order valence-corrected chi connectivity index (χ2v) is 5.00. The smallest absolute Gasteiger partial charge is 0.119 e. The third kappa shape index (κ3) is 4.01. The molecule has 0 aliphatic heterocycles. The second-order valence-electron chi connectivity index (χ2n) is 3.97. The molecule has 0 saturated carbocycles. The van der Waals surface area contributed by atoms with Crippen LogP contribution in [0.5, 0.6) is 5.75 Å². The van der Waals surface area contributed by atoms with Gasteiger partial charge in [-0.05, 0) is 44.9 Å². The Bertz CT molecular complexity index is 271. The topological polar surface area (TPSA) is 9.23 Å². The summed E-state index contributed by atoms with van der Waals surface area (Å²) in [6, 6.07) is 8.10. The lowest BCUT2D eigenvalue weighted by Gasteiger charge is -2.15. The molecule has 78 valence electrons. The Morgan fingerprint density at radius 2 is 1.79 bits per heavy atom. The molecule has 0 aliphatic rings. The van der Waals surface area contributed by atoms with E-state index in [9.17, 15) is 0 Å². The van der Waals surface area contributed by atoms with E-state index in [0.29, 0.717) is 6.61 Å². The molecule has 0 N–H and O–H groups in total. The SMILES string of the molecule is CCOc1ccc(CC(C)(C)Cl)cc1. The number of alkyl halides is 1. The molecule has 0 aromatic heterocycles. The van der Waals surface area contributed by atoms with Gasteiger partial charge < -0.3 is 4.74 Å². The zero-order valence-corrected chi connectivity index (χ0v) is 9.77. The van der Waals surface area contributed by atoms with Gasteiger partial charge in [-0.25, -0.2) is 0 Å². The van der Waals surface area contributed by atoms with Gasteiger partial charge in [0.25, 0.3) is 0 Å². The van der Waals surface area contributed by atoms with Crippen molar-refractivity contribution in [3.63, 3.8) is 0 Å². The van der Waals surface area contributed by atoms with Crippen molar-refractivity contribution in [2.75, 3.05) is 6.61 Å². The minimum absolute atomic E-state index is 0.173. The van der Waals surface area contributed by atoms with Crippen molar-refractivity contribution in [3.8, 4) is 5.75 Å². The fourth-order valence-electron chi connectivity index (χ4n) is 1.36. The first-order valence-corrected chi connectivity index (χ1v) is 5.30. The highest BCUT2D eigenvalue weighted by Gasteiger charge is 2.13. The third-order valence-corrected chi connectivity index (χ3v) is 1.99. The average Bonchev–Trinajstić information content (AvgIpc) is 2.06. The zero-order chi connectivity index (χ0) is 10.6. The summed E-state index contributed by atoms with van der Waals surface area (Å²) in [6.07, 6.45) is 0.876. The van der Waals surface area contributed by atoms with Crippen LogP contribution in [-0.2, 0) is 6.42 Å². The van der Waals surface area contributed by atoms with Crippen LogP contribution in [0.4, 0.5) is 0 Å². The number of hydrogen-bond acceptors (Lipinski definition) is 1. The van der Waals surface area contributed by atoms with Gasteiger partial charge in [0.2, 0.25) is 0 Å². The molecule has 14 heavy (non-hydrogen) atoms. The van der Waals surface area contributed by atoms with Crippen molar-refractivity contribution in [3.05, 3.63) is 29.8 Å². The summed E-state index contributed by atoms with van der Waals surface area (Å²) < 4.78 is 5.36. The summed E-state index contributed by atoms with van der Waals surface area (Å²) in [5.41, 5.74) is 1.24. The Morgan fingerprint density at radius 3 is 2.21 bits per heavy atom. The van der Waals surface area contributed by atoms with Gasteiger partial charge in [0.05, 0.1) is 6.61 Å². The number of benzene rings is 1. The Hall–Kier alpha value is -0.690. The van der Waals surface area contributed by atoms with Crippen molar-refractivity contribution in [1.29, 1.82) is 0 Å². The molecule has 0 aliphatic carbocycles. The molecular formula is C12H17ClO. The summed E-state index contributed by atoms with van der Waals surface area (Å²) >= 11 is 6.14. The van der Waals surface area contributed by atoms with Gasteiger partial charge >= 0.3 is 0 Å². The number of halogens is 1. The molecule has 0 saturated heterocycles. The van der Waals surface area contributed by atoms with E-state index in [1.165, 1.54) is 5.56 Å². The van der Waals surface area contributed by atoms with Crippen LogP contribution in [0.25, 0.3) is 0 Å². The highest BCUT2D eigenvalue weighted by Crippen LogP contribution is 2.21. The van der Waals surface area contributed by atoms with Gasteiger partial charge in [0.15, 0.2) is 0 Å². The van der Waals surface area contributed by atoms with Crippen LogP contribution in [0.15, 0.2) is 24.3 Å². The van der Waals surface area contributed by atoms with Crippen LogP contribution in [0.1, 0.15) is 26.3 Å². The Morgan fingerprint density at radius 1 is 1.21 bits per heavy atom. The van der Waals surface area contributed by atoms with E-state index in [4.69, 9.17) is 16.3 Å². The van der Waals surface area contributed by atoms with Crippen molar-refractivity contribution in [2.45, 2.75) is 32.1 Å². The molecule has 1 nitrogen and oxygen atoms in total. The first-order valence-electron chi connectivity index (χ1n) is 4.92. The Kier molecular flexibility index (Phi) is 3.82. The van der Waals surface area contributed by atoms with Crippen molar-refractivity contribution >= 4 is 11.6 Å². The monoisotopic (exact) mass is 212 g/mol. The summed E-state index contributed by atoms with van der Waals surface area (Å²) in [5, 5.41) is 0. The van der Waals surface area contributed by atoms with Gasteiger partial charge in [-0.15, -0.1) is 11.6 Å². The van der Waals surface area contributed by atoms with Gasteiger partial charge in [-0.1, -0.05) is 12.1 Å². The van der Waals surface area contributed by atoms with Crippen LogP contribution >= 0.6 is 11.6 Å². The van der Waals surface area contributed by atoms with Gasteiger partial charge in [-0.3, -0.25) is 0 Å². The summed E-state index contributed by atoms with van der Waals surface area (Å²) in [4.78, 5) is -0.173. The Balaban J connectivity index is 2.64. The number of ether oxygens (including phenoxy) is 1. The van der Waals surface area contributed by atoms with Crippen molar-refractivity contribution < 1.29 is 4.74 Å². The lowest BCUT2D eigenvalue weighted by Crippen LogP contribution is -2.13. The molecule has 1 aromatic carbocycles. The Labute approximate surface area is 91.0 Å². The third-order valence-electron chi connectivity index (χ3n) is 1.86. The fraction of sp³-hybridized carbons (Fsp3) is 0.500. The molecule has 0 spiro atoms. The van der Waals surface area contributed by atoms with Crippen LogP contribution in [0, 0.1) is 0 Å². The zero-order valence-electron chi connectivity index (χ0n) is 9.01. The lowest BCUT2D eigenvalue weighted by atomic mass is 10.0. The normalized spacial score (nSPS) is 11.4. The number of hydrogen-bond donors (Lipinski definition) is 0. The molecule has 2 heteroatoms. The summed E-state index contributed by atoms with van der Waals surface area (Å²) in [7, 11) is 0. The van der Waals surface area contributed by atoms with Crippen LogP contribution in [-0.4, -0.2) is 11.5 Å². The summed E-state index contributed by atoms with van der Waals surface area (Å²) in [6.45, 7) is 6.73. The van der Waals surface area contributed by atoms with Crippen LogP contribution in [0.3, 0.4) is 0 Å². The first-order chi connectivity index (χ1) is 6.51. The first kappa shape index (κ1) is 11.4. The largest absolute Gasteiger partial charge is 0.494 e. The van der Waals surface area contributed by atoms with E-state index >= 15 is 0 Å². The molecule has 0 atom stereocenters. The maximum absolute atomic E-state index is 6.14. The highest BCUT2D eigenvalue weighted by molar-refractivity contribution is 6.23. The maximum atomic E-state index is 6.14. The molecule has 0 amide bonds. The maximum Gasteiger partial charge on any atom is 0.119 e. The van der Waals surface area contributed by atoms with E-state index in [1.54, 1.807) is 0 Å². The minimum atomic E-state index is -0.173. The second kappa shape index (κ2) is 4.70. The molecule has 1 aromatic rings. The van der Waals surface area contributed by atoms with E-state index in [2.05, 4.69) is 12.1 Å². The van der Waals surface area contributed by atoms with E-state index in [-0.39, 0.29) is 4.87 Å². The molecule has 0 fully saturated rings. The van der Waals surface area contributed by atoms with E-state index in [0.717, 1.165) is 12.2 Å². The molecule has 1 rings (SSSR count). The molecule has 0 radical (unpaired) electrons. The van der Waals surface area contributed by atoms with Gasteiger partial charge in [0.1, 0.15) is 5.75 Å². The lowest BCUT2D eigenvalue weighted by molar-refractivity contribution is 0.340. The van der Waals surface area contributed by atoms with Crippen molar-refractivity contribution in [2.24, 2.45) is 0 Å². The van der Waals surface area contributed by atoms with Gasteiger partial charge in [0, 0.05) is 4.87 Å².